The topological polar surface area (TPSA) is 39.1 Å². The lowest BCUT2D eigenvalue weighted by molar-refractivity contribution is 0.416. The van der Waals surface area contributed by atoms with Crippen LogP contribution >= 0.6 is 11.6 Å². The molecule has 1 heterocycles. The first kappa shape index (κ1) is 12.8. The van der Waals surface area contributed by atoms with Gasteiger partial charge in [-0.25, -0.2) is 0 Å². The van der Waals surface area contributed by atoms with Gasteiger partial charge in [0.1, 0.15) is 5.75 Å². The van der Waals surface area contributed by atoms with E-state index in [2.05, 4.69) is 10.4 Å². The Labute approximate surface area is 112 Å². The highest BCUT2D eigenvalue weighted by molar-refractivity contribution is 6.31. The third-order valence-corrected chi connectivity index (χ3v) is 3.12. The summed E-state index contributed by atoms with van der Waals surface area (Å²) in [7, 11) is 3.53. The van der Waals surface area contributed by atoms with Crippen LogP contribution in [0.4, 0.5) is 5.69 Å². The second-order valence-electron chi connectivity index (χ2n) is 4.14. The summed E-state index contributed by atoms with van der Waals surface area (Å²) in [6.45, 7) is 2.62. The zero-order valence-electron chi connectivity index (χ0n) is 10.7. The Morgan fingerprint density at radius 3 is 2.83 bits per heavy atom. The van der Waals surface area contributed by atoms with Crippen molar-refractivity contribution in [2.24, 2.45) is 7.05 Å². The van der Waals surface area contributed by atoms with E-state index in [0.29, 0.717) is 11.6 Å². The van der Waals surface area contributed by atoms with Crippen molar-refractivity contribution in [2.75, 3.05) is 12.4 Å². The summed E-state index contributed by atoms with van der Waals surface area (Å²) in [6.07, 6.45) is 1.92. The molecule has 0 bridgehead atoms. The van der Waals surface area contributed by atoms with E-state index in [1.54, 1.807) is 11.8 Å². The Bertz CT molecular complexity index is 551. The maximum absolute atomic E-state index is 6.06. The molecule has 0 amide bonds. The minimum atomic E-state index is 0.651. The van der Waals surface area contributed by atoms with Gasteiger partial charge in [0.15, 0.2) is 0 Å². The quantitative estimate of drug-likeness (QED) is 0.924. The molecule has 0 spiro atoms. The van der Waals surface area contributed by atoms with Crippen LogP contribution in [0.3, 0.4) is 0 Å². The minimum absolute atomic E-state index is 0.651. The van der Waals surface area contributed by atoms with Gasteiger partial charge in [-0.05, 0) is 24.6 Å². The van der Waals surface area contributed by atoms with Crippen LogP contribution in [0.2, 0.25) is 5.02 Å². The lowest BCUT2D eigenvalue weighted by Gasteiger charge is -2.12. The molecule has 2 rings (SSSR count). The standard InChI is InChI=1S/C13H16ClN3O/c1-9-6-12(13(18-3)7-11(9)14)15-8-10-4-5-17(2)16-10/h4-7,15H,8H2,1-3H3. The Morgan fingerprint density at radius 1 is 1.44 bits per heavy atom. The van der Waals surface area contributed by atoms with E-state index in [0.717, 1.165) is 22.7 Å². The van der Waals surface area contributed by atoms with Crippen molar-refractivity contribution in [1.82, 2.24) is 9.78 Å². The second kappa shape index (κ2) is 5.31. The summed E-state index contributed by atoms with van der Waals surface area (Å²) in [6, 6.07) is 5.77. The smallest absolute Gasteiger partial charge is 0.143 e. The first-order valence-electron chi connectivity index (χ1n) is 5.66. The molecule has 4 nitrogen and oxygen atoms in total. The SMILES string of the molecule is COc1cc(Cl)c(C)cc1NCc1ccn(C)n1. The molecule has 0 saturated heterocycles. The molecule has 0 atom stereocenters. The predicted octanol–water partition coefficient (Wildman–Crippen LogP) is 3.00. The van der Waals surface area contributed by atoms with Crippen LogP contribution in [0.15, 0.2) is 24.4 Å². The molecule has 0 radical (unpaired) electrons. The number of nitrogens with one attached hydrogen (secondary N) is 1. The normalized spacial score (nSPS) is 10.4. The average molecular weight is 266 g/mol. The van der Waals surface area contributed by atoms with Crippen molar-refractivity contribution in [3.63, 3.8) is 0 Å². The summed E-state index contributed by atoms with van der Waals surface area (Å²) >= 11 is 6.06. The summed E-state index contributed by atoms with van der Waals surface area (Å²) < 4.78 is 7.08. The van der Waals surface area contributed by atoms with E-state index in [1.807, 2.05) is 38.4 Å². The van der Waals surface area contributed by atoms with E-state index < -0.39 is 0 Å². The Balaban J connectivity index is 2.15. The number of rotatable bonds is 4. The molecule has 0 unspecified atom stereocenters. The molecule has 1 N–H and O–H groups in total. The molecule has 0 fully saturated rings. The molecule has 2 aromatic rings. The van der Waals surface area contributed by atoms with Crippen LogP contribution in [0.25, 0.3) is 0 Å². The molecule has 0 aliphatic carbocycles. The number of hydrogen-bond acceptors (Lipinski definition) is 3. The summed E-state index contributed by atoms with van der Waals surface area (Å²) in [4.78, 5) is 0. The van der Waals surface area contributed by atoms with Gasteiger partial charge in [0, 0.05) is 24.3 Å². The monoisotopic (exact) mass is 265 g/mol. The van der Waals surface area contributed by atoms with Gasteiger partial charge >= 0.3 is 0 Å². The summed E-state index contributed by atoms with van der Waals surface area (Å²) in [5.41, 5.74) is 2.91. The minimum Gasteiger partial charge on any atom is -0.495 e. The number of methoxy groups -OCH3 is 1. The van der Waals surface area contributed by atoms with E-state index in [-0.39, 0.29) is 0 Å². The van der Waals surface area contributed by atoms with Crippen LogP contribution in [0.1, 0.15) is 11.3 Å². The zero-order valence-corrected chi connectivity index (χ0v) is 11.5. The van der Waals surface area contributed by atoms with Crippen molar-refractivity contribution in [3.8, 4) is 5.75 Å². The van der Waals surface area contributed by atoms with Gasteiger partial charge < -0.3 is 10.1 Å². The van der Waals surface area contributed by atoms with Crippen molar-refractivity contribution in [2.45, 2.75) is 13.5 Å². The molecule has 1 aromatic carbocycles. The van der Waals surface area contributed by atoms with Gasteiger partial charge in [-0.1, -0.05) is 11.6 Å². The molecular formula is C13H16ClN3O. The number of hydrogen-bond donors (Lipinski definition) is 1. The van der Waals surface area contributed by atoms with Gasteiger partial charge in [-0.2, -0.15) is 5.10 Å². The van der Waals surface area contributed by atoms with Crippen LogP contribution in [0, 0.1) is 6.92 Å². The molecule has 0 aliphatic heterocycles. The fourth-order valence-electron chi connectivity index (χ4n) is 1.71. The van der Waals surface area contributed by atoms with Gasteiger partial charge in [0.25, 0.3) is 0 Å². The van der Waals surface area contributed by atoms with Crippen molar-refractivity contribution < 1.29 is 4.74 Å². The van der Waals surface area contributed by atoms with Gasteiger partial charge in [0.05, 0.1) is 25.0 Å². The van der Waals surface area contributed by atoms with Gasteiger partial charge in [-0.3, -0.25) is 4.68 Å². The number of aromatic nitrogens is 2. The molecule has 5 heteroatoms. The highest BCUT2D eigenvalue weighted by Gasteiger charge is 2.07. The first-order chi connectivity index (χ1) is 8.60. The van der Waals surface area contributed by atoms with Crippen LogP contribution in [0.5, 0.6) is 5.75 Å². The number of aryl methyl sites for hydroxylation is 2. The highest BCUT2D eigenvalue weighted by Crippen LogP contribution is 2.31. The number of benzene rings is 1. The fraction of sp³-hybridized carbons (Fsp3) is 0.308. The largest absolute Gasteiger partial charge is 0.495 e. The van der Waals surface area contributed by atoms with Crippen molar-refractivity contribution in [3.05, 3.63) is 40.7 Å². The van der Waals surface area contributed by atoms with Crippen molar-refractivity contribution >= 4 is 17.3 Å². The maximum Gasteiger partial charge on any atom is 0.143 e. The Morgan fingerprint density at radius 2 is 2.22 bits per heavy atom. The molecule has 1 aromatic heterocycles. The lowest BCUT2D eigenvalue weighted by atomic mass is 10.2. The molecule has 18 heavy (non-hydrogen) atoms. The van der Waals surface area contributed by atoms with Crippen LogP contribution in [-0.4, -0.2) is 16.9 Å². The molecule has 96 valence electrons. The summed E-state index contributed by atoms with van der Waals surface area (Å²) in [5.74, 6) is 0.738. The lowest BCUT2D eigenvalue weighted by Crippen LogP contribution is -2.03. The molecule has 0 aliphatic rings. The van der Waals surface area contributed by atoms with Gasteiger partial charge in [0.2, 0.25) is 0 Å². The second-order valence-corrected chi connectivity index (χ2v) is 4.54. The highest BCUT2D eigenvalue weighted by atomic mass is 35.5. The number of anilines is 1. The average Bonchev–Trinajstić information content (AvgIpc) is 2.76. The number of nitrogens with zero attached hydrogens (tertiary/aromatic N) is 2. The number of ether oxygens (including phenoxy) is 1. The Kier molecular flexibility index (Phi) is 3.77. The third kappa shape index (κ3) is 2.76. The van der Waals surface area contributed by atoms with Crippen LogP contribution < -0.4 is 10.1 Å². The maximum atomic E-state index is 6.06. The zero-order chi connectivity index (χ0) is 13.1. The van der Waals surface area contributed by atoms with E-state index in [4.69, 9.17) is 16.3 Å². The molecule has 0 saturated carbocycles. The van der Waals surface area contributed by atoms with E-state index in [9.17, 15) is 0 Å². The molecular weight excluding hydrogens is 250 g/mol. The third-order valence-electron chi connectivity index (χ3n) is 2.71. The van der Waals surface area contributed by atoms with Crippen LogP contribution in [-0.2, 0) is 13.6 Å². The Hall–Kier alpha value is -1.68. The first-order valence-corrected chi connectivity index (χ1v) is 6.04. The van der Waals surface area contributed by atoms with E-state index >= 15 is 0 Å². The van der Waals surface area contributed by atoms with E-state index in [1.165, 1.54) is 0 Å². The number of halogens is 1. The predicted molar refractivity (Wildman–Crippen MR) is 73.3 cm³/mol. The van der Waals surface area contributed by atoms with Gasteiger partial charge in [-0.15, -0.1) is 0 Å². The fourth-order valence-corrected chi connectivity index (χ4v) is 1.87. The van der Waals surface area contributed by atoms with Crippen molar-refractivity contribution in [1.29, 1.82) is 0 Å². The summed E-state index contributed by atoms with van der Waals surface area (Å²) in [5, 5.41) is 8.31.